The molecule has 2 aromatic carbocycles. The second kappa shape index (κ2) is 8.35. The lowest BCUT2D eigenvalue weighted by molar-refractivity contribution is 0.340. The molecule has 0 radical (unpaired) electrons. The summed E-state index contributed by atoms with van der Waals surface area (Å²) in [4.78, 5) is 21.7. The molecular weight excluding hydrogens is 478 g/mol. The van der Waals surface area contributed by atoms with Crippen LogP contribution in [0, 0.1) is 0 Å². The fraction of sp³-hybridized carbons (Fsp3) is 0.143. The van der Waals surface area contributed by atoms with Crippen molar-refractivity contribution in [3.63, 3.8) is 0 Å². The van der Waals surface area contributed by atoms with Crippen molar-refractivity contribution in [3.05, 3.63) is 75.6 Å². The largest absolute Gasteiger partial charge is 0.494 e. The number of rotatable bonds is 6. The summed E-state index contributed by atoms with van der Waals surface area (Å²) in [5, 5.41) is 12.1. The first kappa shape index (κ1) is 20.1. The Balaban J connectivity index is 1.44. The third-order valence-corrected chi connectivity index (χ3v) is 5.40. The highest BCUT2D eigenvalue weighted by Gasteiger charge is 2.16. The lowest BCUT2D eigenvalue weighted by Gasteiger charge is -2.05. The summed E-state index contributed by atoms with van der Waals surface area (Å²) >= 11 is 3.47. The van der Waals surface area contributed by atoms with Crippen molar-refractivity contribution in [2.24, 2.45) is 0 Å². The van der Waals surface area contributed by atoms with E-state index in [4.69, 9.17) is 9.26 Å². The van der Waals surface area contributed by atoms with Crippen LogP contribution >= 0.6 is 15.9 Å². The fourth-order valence-corrected chi connectivity index (χ4v) is 3.66. The molecule has 0 aliphatic heterocycles. The van der Waals surface area contributed by atoms with E-state index in [-0.39, 0.29) is 23.5 Å². The average Bonchev–Trinajstić information content (AvgIpc) is 3.44. The van der Waals surface area contributed by atoms with Gasteiger partial charge in [0.15, 0.2) is 11.2 Å². The van der Waals surface area contributed by atoms with Gasteiger partial charge >= 0.3 is 0 Å². The van der Waals surface area contributed by atoms with Crippen LogP contribution in [0.25, 0.3) is 28.2 Å². The highest BCUT2D eigenvalue weighted by atomic mass is 79.9. The second-order valence-electron chi connectivity index (χ2n) is 6.77. The number of nitrogens with zero attached hydrogens (tertiary/aromatic N) is 7. The molecule has 32 heavy (non-hydrogen) atoms. The first-order valence-electron chi connectivity index (χ1n) is 9.75. The molecule has 160 valence electrons. The van der Waals surface area contributed by atoms with Crippen LogP contribution in [0.4, 0.5) is 0 Å². The van der Waals surface area contributed by atoms with E-state index in [0.29, 0.717) is 18.1 Å². The molecule has 0 atom stereocenters. The summed E-state index contributed by atoms with van der Waals surface area (Å²) in [6.07, 6.45) is 1.42. The smallest absolute Gasteiger partial charge is 0.284 e. The zero-order chi connectivity index (χ0) is 22.1. The summed E-state index contributed by atoms with van der Waals surface area (Å²) < 4.78 is 14.5. The number of halogens is 1. The zero-order valence-corrected chi connectivity index (χ0v) is 18.4. The van der Waals surface area contributed by atoms with Crippen LogP contribution in [0.3, 0.4) is 0 Å². The van der Waals surface area contributed by atoms with E-state index in [1.807, 2.05) is 55.5 Å². The van der Waals surface area contributed by atoms with Crippen molar-refractivity contribution in [2.75, 3.05) is 6.61 Å². The molecule has 11 heteroatoms. The summed E-state index contributed by atoms with van der Waals surface area (Å²) in [6, 6.07) is 14.8. The van der Waals surface area contributed by atoms with Crippen molar-refractivity contribution in [1.82, 2.24) is 34.7 Å². The fourth-order valence-electron chi connectivity index (χ4n) is 3.20. The van der Waals surface area contributed by atoms with Gasteiger partial charge in [-0.2, -0.15) is 9.67 Å². The molecule has 0 spiro atoms. The van der Waals surface area contributed by atoms with Gasteiger partial charge in [-0.05, 0) is 43.3 Å². The Kier molecular flexibility index (Phi) is 5.23. The van der Waals surface area contributed by atoms with Crippen molar-refractivity contribution >= 4 is 27.1 Å². The molecule has 0 fully saturated rings. The third kappa shape index (κ3) is 3.66. The molecule has 0 unspecified atom stereocenters. The number of aromatic nitrogens is 7. The van der Waals surface area contributed by atoms with Crippen LogP contribution in [-0.4, -0.2) is 41.3 Å². The van der Waals surface area contributed by atoms with Gasteiger partial charge in [0.05, 0.1) is 12.3 Å². The van der Waals surface area contributed by atoms with Gasteiger partial charge in [0.25, 0.3) is 5.56 Å². The molecule has 3 heterocycles. The predicted octanol–water partition coefficient (Wildman–Crippen LogP) is 3.24. The SMILES string of the molecule is CCOc1ccc(-n2nnc3c(=O)n(Cc4nc(-c5ccccc5Br)no4)cnc32)cc1. The molecule has 0 saturated carbocycles. The summed E-state index contributed by atoms with van der Waals surface area (Å²) in [5.41, 5.74) is 1.66. The van der Waals surface area contributed by atoms with Crippen LogP contribution in [0.2, 0.25) is 0 Å². The van der Waals surface area contributed by atoms with Crippen molar-refractivity contribution in [3.8, 4) is 22.8 Å². The third-order valence-electron chi connectivity index (χ3n) is 4.71. The van der Waals surface area contributed by atoms with Gasteiger partial charge < -0.3 is 9.26 Å². The maximum atomic E-state index is 12.9. The molecule has 5 aromatic rings. The first-order valence-corrected chi connectivity index (χ1v) is 10.5. The highest BCUT2D eigenvalue weighted by molar-refractivity contribution is 9.10. The molecule has 0 aliphatic carbocycles. The quantitative estimate of drug-likeness (QED) is 0.354. The molecule has 3 aromatic heterocycles. The lowest BCUT2D eigenvalue weighted by atomic mass is 10.2. The van der Waals surface area contributed by atoms with Gasteiger partial charge in [-0.3, -0.25) is 9.36 Å². The van der Waals surface area contributed by atoms with E-state index >= 15 is 0 Å². The first-order chi connectivity index (χ1) is 15.6. The maximum absolute atomic E-state index is 12.9. The highest BCUT2D eigenvalue weighted by Crippen LogP contribution is 2.25. The molecule has 10 nitrogen and oxygen atoms in total. The molecule has 0 amide bonds. The van der Waals surface area contributed by atoms with Gasteiger partial charge in [0.1, 0.15) is 18.6 Å². The molecular formula is C21H16BrN7O3. The van der Waals surface area contributed by atoms with E-state index in [2.05, 4.69) is 41.4 Å². The second-order valence-corrected chi connectivity index (χ2v) is 7.62. The number of ether oxygens (including phenoxy) is 1. The maximum Gasteiger partial charge on any atom is 0.284 e. The van der Waals surface area contributed by atoms with E-state index in [1.54, 1.807) is 0 Å². The number of benzene rings is 2. The van der Waals surface area contributed by atoms with Crippen LogP contribution in [-0.2, 0) is 6.54 Å². The lowest BCUT2D eigenvalue weighted by Crippen LogP contribution is -2.21. The normalized spacial score (nSPS) is 11.2. The Bertz CT molecular complexity index is 1460. The van der Waals surface area contributed by atoms with E-state index in [1.165, 1.54) is 15.6 Å². The predicted molar refractivity (Wildman–Crippen MR) is 119 cm³/mol. The minimum absolute atomic E-state index is 0.0646. The van der Waals surface area contributed by atoms with E-state index < -0.39 is 0 Å². The Hall–Kier alpha value is -3.86. The van der Waals surface area contributed by atoms with Crippen molar-refractivity contribution in [1.29, 1.82) is 0 Å². The zero-order valence-electron chi connectivity index (χ0n) is 16.8. The Morgan fingerprint density at radius 2 is 1.94 bits per heavy atom. The molecule has 0 N–H and O–H groups in total. The van der Waals surface area contributed by atoms with Crippen LogP contribution in [0.5, 0.6) is 5.75 Å². The van der Waals surface area contributed by atoms with Gasteiger partial charge in [-0.25, -0.2) is 4.98 Å². The Labute approximate surface area is 189 Å². The number of fused-ring (bicyclic) bond motifs is 1. The van der Waals surface area contributed by atoms with Crippen LogP contribution < -0.4 is 10.3 Å². The average molecular weight is 494 g/mol. The number of hydrogen-bond acceptors (Lipinski definition) is 8. The van der Waals surface area contributed by atoms with Gasteiger partial charge in [-0.1, -0.05) is 38.4 Å². The molecule has 0 bridgehead atoms. The number of hydrogen-bond donors (Lipinski definition) is 0. The summed E-state index contributed by atoms with van der Waals surface area (Å²) in [5.74, 6) is 1.45. The monoisotopic (exact) mass is 493 g/mol. The minimum Gasteiger partial charge on any atom is -0.494 e. The van der Waals surface area contributed by atoms with Crippen LogP contribution in [0.1, 0.15) is 12.8 Å². The topological polar surface area (TPSA) is 114 Å². The Morgan fingerprint density at radius 1 is 1.12 bits per heavy atom. The van der Waals surface area contributed by atoms with Gasteiger partial charge in [-0.15, -0.1) is 5.10 Å². The van der Waals surface area contributed by atoms with E-state index in [0.717, 1.165) is 21.5 Å². The molecule has 0 saturated heterocycles. The van der Waals surface area contributed by atoms with Crippen molar-refractivity contribution < 1.29 is 9.26 Å². The van der Waals surface area contributed by atoms with Crippen molar-refractivity contribution in [2.45, 2.75) is 13.5 Å². The summed E-state index contributed by atoms with van der Waals surface area (Å²) in [6.45, 7) is 2.56. The van der Waals surface area contributed by atoms with Gasteiger partial charge in [0.2, 0.25) is 11.7 Å². The molecule has 5 rings (SSSR count). The van der Waals surface area contributed by atoms with Crippen LogP contribution in [0.15, 0.2) is 68.6 Å². The summed E-state index contributed by atoms with van der Waals surface area (Å²) in [7, 11) is 0. The standard InChI is InChI=1S/C21H16BrN7O3/c1-2-31-14-9-7-13(8-10-14)29-20-18(25-27-29)21(30)28(12-23-20)11-17-24-19(26-32-17)15-5-3-4-6-16(15)22/h3-10,12H,2,11H2,1H3. The van der Waals surface area contributed by atoms with Gasteiger partial charge in [0, 0.05) is 10.0 Å². The Morgan fingerprint density at radius 3 is 2.72 bits per heavy atom. The molecule has 0 aliphatic rings. The van der Waals surface area contributed by atoms with E-state index in [9.17, 15) is 4.79 Å². The minimum atomic E-state index is -0.354.